The molecule has 94 valence electrons. The summed E-state index contributed by atoms with van der Waals surface area (Å²) >= 11 is 0. The van der Waals surface area contributed by atoms with Gasteiger partial charge in [0.25, 0.3) is 0 Å². The minimum Gasteiger partial charge on any atom is -0.312 e. The molecule has 1 N–H and O–H groups in total. The number of hydrogen-bond donors (Lipinski definition) is 1. The summed E-state index contributed by atoms with van der Waals surface area (Å²) in [5, 5.41) is 3.48. The molecule has 0 saturated heterocycles. The minimum atomic E-state index is -2.97. The first-order valence-electron chi connectivity index (χ1n) is 6.22. The van der Waals surface area contributed by atoms with Crippen molar-refractivity contribution in [1.29, 1.82) is 0 Å². The molecule has 2 aliphatic rings. The predicted octanol–water partition coefficient (Wildman–Crippen LogP) is 1.59. The van der Waals surface area contributed by atoms with Gasteiger partial charge in [-0.2, -0.15) is 0 Å². The van der Waals surface area contributed by atoms with Crippen molar-refractivity contribution in [2.24, 2.45) is 11.8 Å². The van der Waals surface area contributed by atoms with Crippen LogP contribution in [0.5, 0.6) is 0 Å². The number of hydrogen-bond acceptors (Lipinski definition) is 3. The largest absolute Gasteiger partial charge is 0.312 e. The first-order chi connectivity index (χ1) is 7.29. The van der Waals surface area contributed by atoms with Gasteiger partial charge in [-0.3, -0.25) is 0 Å². The van der Waals surface area contributed by atoms with Gasteiger partial charge < -0.3 is 5.32 Å². The van der Waals surface area contributed by atoms with E-state index in [1.807, 2.05) is 13.8 Å². The first kappa shape index (κ1) is 12.4. The van der Waals surface area contributed by atoms with Crippen LogP contribution in [0.15, 0.2) is 0 Å². The normalized spacial score (nSPS) is 34.6. The van der Waals surface area contributed by atoms with E-state index >= 15 is 0 Å². The molecular formula is C12H23NO2S. The van der Waals surface area contributed by atoms with E-state index in [-0.39, 0.29) is 0 Å². The van der Waals surface area contributed by atoms with Crippen LogP contribution in [0.3, 0.4) is 0 Å². The van der Waals surface area contributed by atoms with Crippen molar-refractivity contribution in [3.8, 4) is 0 Å². The van der Waals surface area contributed by atoms with Gasteiger partial charge in [0.05, 0.1) is 4.75 Å². The van der Waals surface area contributed by atoms with E-state index in [0.29, 0.717) is 12.6 Å². The molecule has 0 aromatic heterocycles. The standard InChI is InChI=1S/C12H23NO2S/c1-12(2,16(3,14)15)8-13-11-7-9-4-5-10(11)6-9/h9-11,13H,4-8H2,1-3H3. The molecule has 2 saturated carbocycles. The Morgan fingerprint density at radius 3 is 2.38 bits per heavy atom. The SMILES string of the molecule is CC(C)(CNC1CC2CCC1C2)S(C)(=O)=O. The summed E-state index contributed by atoms with van der Waals surface area (Å²) in [6.45, 7) is 4.20. The van der Waals surface area contributed by atoms with Gasteiger partial charge in [-0.25, -0.2) is 8.42 Å². The van der Waals surface area contributed by atoms with Gasteiger partial charge in [0, 0.05) is 18.8 Å². The van der Waals surface area contributed by atoms with Crippen LogP contribution in [0.2, 0.25) is 0 Å². The molecule has 0 aromatic carbocycles. The third kappa shape index (κ3) is 2.28. The van der Waals surface area contributed by atoms with E-state index in [1.54, 1.807) is 0 Å². The Bertz CT molecular complexity index is 361. The number of sulfone groups is 1. The summed E-state index contributed by atoms with van der Waals surface area (Å²) in [6, 6.07) is 0.569. The zero-order chi connectivity index (χ0) is 12.0. The molecule has 2 bridgehead atoms. The van der Waals surface area contributed by atoms with E-state index in [9.17, 15) is 8.42 Å². The molecule has 0 spiro atoms. The Hall–Kier alpha value is -0.0900. The lowest BCUT2D eigenvalue weighted by Gasteiger charge is -2.29. The van der Waals surface area contributed by atoms with Crippen molar-refractivity contribution in [3.05, 3.63) is 0 Å². The van der Waals surface area contributed by atoms with Crippen LogP contribution in [0, 0.1) is 11.8 Å². The molecule has 0 radical (unpaired) electrons. The highest BCUT2D eigenvalue weighted by Gasteiger charge is 2.40. The maximum absolute atomic E-state index is 11.6. The zero-order valence-electron chi connectivity index (χ0n) is 10.5. The Morgan fingerprint density at radius 1 is 1.25 bits per heavy atom. The molecule has 2 aliphatic carbocycles. The van der Waals surface area contributed by atoms with Gasteiger partial charge in [0.15, 0.2) is 9.84 Å². The molecule has 3 atom stereocenters. The van der Waals surface area contributed by atoms with Crippen molar-refractivity contribution in [1.82, 2.24) is 5.32 Å². The molecule has 3 unspecified atom stereocenters. The van der Waals surface area contributed by atoms with Crippen LogP contribution in [0.25, 0.3) is 0 Å². The zero-order valence-corrected chi connectivity index (χ0v) is 11.3. The molecule has 2 rings (SSSR count). The molecule has 0 aliphatic heterocycles. The van der Waals surface area contributed by atoms with Crippen LogP contribution in [0.4, 0.5) is 0 Å². The van der Waals surface area contributed by atoms with Crippen LogP contribution in [-0.4, -0.2) is 32.0 Å². The van der Waals surface area contributed by atoms with Crippen molar-refractivity contribution in [3.63, 3.8) is 0 Å². The number of fused-ring (bicyclic) bond motifs is 2. The second-order valence-electron chi connectivity index (χ2n) is 6.19. The summed E-state index contributed by atoms with van der Waals surface area (Å²) in [5.41, 5.74) is 0. The molecule has 16 heavy (non-hydrogen) atoms. The van der Waals surface area contributed by atoms with Crippen LogP contribution >= 0.6 is 0 Å². The lowest BCUT2D eigenvalue weighted by molar-refractivity contribution is 0.341. The molecular weight excluding hydrogens is 222 g/mol. The lowest BCUT2D eigenvalue weighted by atomic mass is 9.95. The maximum atomic E-state index is 11.6. The summed E-state index contributed by atoms with van der Waals surface area (Å²) < 4.78 is 22.5. The summed E-state index contributed by atoms with van der Waals surface area (Å²) in [4.78, 5) is 0. The quantitative estimate of drug-likeness (QED) is 0.818. The topological polar surface area (TPSA) is 46.2 Å². The smallest absolute Gasteiger partial charge is 0.153 e. The van der Waals surface area contributed by atoms with Crippen molar-refractivity contribution in [2.45, 2.75) is 50.3 Å². The monoisotopic (exact) mass is 245 g/mol. The molecule has 2 fully saturated rings. The highest BCUT2D eigenvalue weighted by atomic mass is 32.2. The predicted molar refractivity (Wildman–Crippen MR) is 66.2 cm³/mol. The van der Waals surface area contributed by atoms with E-state index in [2.05, 4.69) is 5.32 Å². The fourth-order valence-electron chi connectivity index (χ4n) is 3.00. The fourth-order valence-corrected chi connectivity index (χ4v) is 3.35. The van der Waals surface area contributed by atoms with Gasteiger partial charge in [-0.15, -0.1) is 0 Å². The Labute approximate surface area is 98.9 Å². The third-order valence-electron chi connectivity index (χ3n) is 4.53. The van der Waals surface area contributed by atoms with E-state index in [4.69, 9.17) is 0 Å². The average Bonchev–Trinajstić information content (AvgIpc) is 2.73. The fraction of sp³-hybridized carbons (Fsp3) is 1.00. The molecule has 3 nitrogen and oxygen atoms in total. The van der Waals surface area contributed by atoms with Gasteiger partial charge in [-0.05, 0) is 44.9 Å². The second-order valence-corrected chi connectivity index (χ2v) is 8.84. The van der Waals surface area contributed by atoms with E-state index in [1.165, 1.54) is 31.9 Å². The Balaban J connectivity index is 1.89. The molecule has 4 heteroatoms. The Kier molecular flexibility index (Phi) is 3.08. The van der Waals surface area contributed by atoms with Gasteiger partial charge in [-0.1, -0.05) is 6.42 Å². The molecule has 0 amide bonds. The highest BCUT2D eigenvalue weighted by molar-refractivity contribution is 7.92. The van der Waals surface area contributed by atoms with Crippen molar-refractivity contribution in [2.75, 3.05) is 12.8 Å². The van der Waals surface area contributed by atoms with Gasteiger partial charge in [0.2, 0.25) is 0 Å². The highest BCUT2D eigenvalue weighted by Crippen LogP contribution is 2.44. The minimum absolute atomic E-state index is 0.569. The van der Waals surface area contributed by atoms with Crippen LogP contribution in [-0.2, 0) is 9.84 Å². The van der Waals surface area contributed by atoms with Crippen molar-refractivity contribution >= 4 is 9.84 Å². The molecule has 0 aromatic rings. The molecule has 0 heterocycles. The summed E-state index contributed by atoms with van der Waals surface area (Å²) in [5.74, 6) is 1.71. The second kappa shape index (κ2) is 3.98. The van der Waals surface area contributed by atoms with Gasteiger partial charge in [0.1, 0.15) is 0 Å². The van der Waals surface area contributed by atoms with Crippen molar-refractivity contribution < 1.29 is 8.42 Å². The van der Waals surface area contributed by atoms with Gasteiger partial charge >= 0.3 is 0 Å². The summed E-state index contributed by atoms with van der Waals surface area (Å²) in [7, 11) is -2.97. The first-order valence-corrected chi connectivity index (χ1v) is 8.12. The number of rotatable bonds is 4. The Morgan fingerprint density at radius 2 is 1.94 bits per heavy atom. The maximum Gasteiger partial charge on any atom is 0.153 e. The van der Waals surface area contributed by atoms with E-state index in [0.717, 1.165) is 11.8 Å². The third-order valence-corrected chi connectivity index (χ3v) is 6.68. The average molecular weight is 245 g/mol. The van der Waals surface area contributed by atoms with Crippen LogP contribution < -0.4 is 5.32 Å². The summed E-state index contributed by atoms with van der Waals surface area (Å²) in [6.07, 6.45) is 6.66. The van der Waals surface area contributed by atoms with Crippen LogP contribution in [0.1, 0.15) is 39.5 Å². The number of nitrogens with one attached hydrogen (secondary N) is 1. The lowest BCUT2D eigenvalue weighted by Crippen LogP contribution is -2.46. The van der Waals surface area contributed by atoms with E-state index < -0.39 is 14.6 Å².